The number of methoxy groups -OCH3 is 2. The Morgan fingerprint density at radius 3 is 2.09 bits per heavy atom. The number of aromatic nitrogens is 1. The van der Waals surface area contributed by atoms with E-state index in [-0.39, 0.29) is 37.1 Å². The van der Waals surface area contributed by atoms with Gasteiger partial charge in [-0.25, -0.2) is 9.37 Å². The van der Waals surface area contributed by atoms with Crippen LogP contribution in [0.2, 0.25) is 0 Å². The number of allylic oxidation sites excluding steroid dienone is 3. The number of rotatable bonds is 24. The highest BCUT2D eigenvalue weighted by Crippen LogP contribution is 2.51. The Kier molecular flexibility index (Phi) is 17.8. The van der Waals surface area contributed by atoms with Gasteiger partial charge in [0.2, 0.25) is 17.1 Å². The van der Waals surface area contributed by atoms with Gasteiger partial charge in [0.05, 0.1) is 43.1 Å². The minimum atomic E-state index is -4.65. The summed E-state index contributed by atoms with van der Waals surface area (Å²) in [7, 11) is -5.74. The number of ether oxygens (including phenoxy) is 4. The Hall–Kier alpha value is -5.06. The van der Waals surface area contributed by atoms with Gasteiger partial charge in [0.25, 0.3) is 20.2 Å². The van der Waals surface area contributed by atoms with Crippen LogP contribution in [0.4, 0.5) is 5.69 Å². The summed E-state index contributed by atoms with van der Waals surface area (Å²) in [5.41, 5.74) is 1.84. The number of carbonyl (C=O) groups is 1. The summed E-state index contributed by atoms with van der Waals surface area (Å²) in [6.07, 6.45) is 5.81. The monoisotopic (exact) mass is 960 g/mol. The van der Waals surface area contributed by atoms with Crippen LogP contribution in [0.15, 0.2) is 81.8 Å². The van der Waals surface area contributed by atoms with Crippen LogP contribution in [0.3, 0.4) is 0 Å². The molecule has 0 saturated carbocycles. The lowest BCUT2D eigenvalue weighted by atomic mass is 9.77. The molecule has 2 aromatic rings. The predicted molar refractivity (Wildman–Crippen MR) is 247 cm³/mol. The third kappa shape index (κ3) is 13.8. The summed E-state index contributed by atoms with van der Waals surface area (Å²) in [5.74, 6) is -0.925. The first kappa shape index (κ1) is 51.9. The van der Waals surface area contributed by atoms with Crippen molar-refractivity contribution >= 4 is 38.0 Å². The van der Waals surface area contributed by atoms with E-state index in [1.165, 1.54) is 18.2 Å². The van der Waals surface area contributed by atoms with Gasteiger partial charge in [0, 0.05) is 73.2 Å². The summed E-state index contributed by atoms with van der Waals surface area (Å²) in [6.45, 7) is 12.1. The van der Waals surface area contributed by atoms with Crippen molar-refractivity contribution in [2.45, 2.75) is 69.1 Å². The molecule has 0 bridgehead atoms. The van der Waals surface area contributed by atoms with E-state index in [1.807, 2.05) is 75.1 Å². The van der Waals surface area contributed by atoms with E-state index < -0.39 is 54.5 Å². The molecule has 18 nitrogen and oxygen atoms in total. The standard InChI is InChI=1S/C46H61N3O15S2/c1-45(2,3)41-30-33(36-15-13-34(31-39(36)63-41)47(21-23-61-27-25-59-5)22-24-62-28-26-60-6)10-7-11-40-46(4,19-8-12-44(52)64-49-42(50)17-18-43(49)51)37-32-35(66(56,57)58)14-16-38(37)48(40)20-9-29-65(53,54)55/h7,10-11,13-18,30-32H,8-9,12,19-29H2,1-6H3,(H3-,50,51,53,54,55,56,57,58)/p+1. The molecule has 1 aliphatic carbocycles. The zero-order chi connectivity index (χ0) is 48.3. The Balaban J connectivity index is 1.59. The van der Waals surface area contributed by atoms with Crippen molar-refractivity contribution in [2.24, 2.45) is 0 Å². The lowest BCUT2D eigenvalue weighted by Crippen LogP contribution is -2.36. The lowest BCUT2D eigenvalue weighted by molar-refractivity contribution is -0.145. The fourth-order valence-corrected chi connectivity index (χ4v) is 8.69. The normalized spacial score (nSPS) is 16.2. The zero-order valence-electron chi connectivity index (χ0n) is 38.3. The molecule has 0 saturated heterocycles. The van der Waals surface area contributed by atoms with Gasteiger partial charge in [-0.2, -0.15) is 16.8 Å². The molecule has 3 heterocycles. The Morgan fingerprint density at radius 2 is 1.50 bits per heavy atom. The molecular weight excluding hydrogens is 899 g/mol. The number of fused-ring (bicyclic) bond motifs is 2. The van der Waals surface area contributed by atoms with E-state index in [0.29, 0.717) is 85.9 Å². The van der Waals surface area contributed by atoms with Gasteiger partial charge in [-0.05, 0) is 73.7 Å². The molecule has 0 fully saturated rings. The van der Waals surface area contributed by atoms with Crippen LogP contribution in [-0.4, -0.2) is 126 Å². The quantitative estimate of drug-likeness (QED) is 0.0410. The van der Waals surface area contributed by atoms with Crippen molar-refractivity contribution in [3.63, 3.8) is 0 Å². The molecule has 4 N–H and O–H groups in total. The van der Waals surface area contributed by atoms with E-state index in [2.05, 4.69) is 4.58 Å². The second-order valence-corrected chi connectivity index (χ2v) is 20.0. The molecule has 1 aromatic carbocycles. The maximum absolute atomic E-state index is 12.9. The lowest BCUT2D eigenvalue weighted by Gasteiger charge is -2.30. The smallest absolute Gasteiger partial charge is 0.333 e. The van der Waals surface area contributed by atoms with E-state index in [9.17, 15) is 40.9 Å². The number of carbonyl (C=O) groups excluding carboxylic acids is 1. The summed E-state index contributed by atoms with van der Waals surface area (Å²) < 4.78 is 99.5. The van der Waals surface area contributed by atoms with Gasteiger partial charge in [0.1, 0.15) is 24.7 Å². The predicted octanol–water partition coefficient (Wildman–Crippen LogP) is 5.02. The van der Waals surface area contributed by atoms with E-state index >= 15 is 0 Å². The van der Waals surface area contributed by atoms with Gasteiger partial charge in [0.15, 0.2) is 13.1 Å². The molecule has 66 heavy (non-hydrogen) atoms. The van der Waals surface area contributed by atoms with Crippen LogP contribution >= 0.6 is 0 Å². The van der Waals surface area contributed by atoms with E-state index in [0.717, 1.165) is 28.6 Å². The number of benzene rings is 2. The molecule has 362 valence electrons. The van der Waals surface area contributed by atoms with E-state index in [4.69, 9.17) is 28.2 Å². The molecule has 3 aliphatic rings. The van der Waals surface area contributed by atoms with Crippen molar-refractivity contribution in [3.05, 3.63) is 94.7 Å². The van der Waals surface area contributed by atoms with Gasteiger partial charge in [-0.3, -0.25) is 9.11 Å². The molecule has 1 aromatic heterocycles. The maximum atomic E-state index is 12.9. The minimum Gasteiger partial charge on any atom is -0.492 e. The van der Waals surface area contributed by atoms with Crippen LogP contribution in [0.25, 0.3) is 17.4 Å². The molecule has 1 atom stereocenters. The van der Waals surface area contributed by atoms with Crippen LogP contribution in [-0.2, 0) is 54.8 Å². The number of anilines is 1. The van der Waals surface area contributed by atoms with Crippen molar-refractivity contribution < 1.29 is 69.2 Å². The van der Waals surface area contributed by atoms with Crippen molar-refractivity contribution in [2.75, 3.05) is 84.1 Å². The van der Waals surface area contributed by atoms with Crippen LogP contribution in [0, 0.1) is 0 Å². The number of hydrogen-bond donors (Lipinski definition) is 4. The average Bonchev–Trinajstić information content (AvgIpc) is 3.68. The zero-order valence-corrected chi connectivity index (χ0v) is 39.9. The Morgan fingerprint density at radius 1 is 0.848 bits per heavy atom. The Labute approximate surface area is 386 Å². The molecule has 0 amide bonds. The molecular formula is C46H62N3O15S2+. The second-order valence-electron chi connectivity index (χ2n) is 17.0. The van der Waals surface area contributed by atoms with Gasteiger partial charge >= 0.3 is 5.97 Å². The van der Waals surface area contributed by atoms with Crippen molar-refractivity contribution in [1.29, 1.82) is 0 Å². The first-order valence-corrected chi connectivity index (χ1v) is 24.6. The highest BCUT2D eigenvalue weighted by molar-refractivity contribution is 7.86. The third-order valence-electron chi connectivity index (χ3n) is 11.1. The third-order valence-corrected chi connectivity index (χ3v) is 12.8. The second kappa shape index (κ2) is 22.6. The van der Waals surface area contributed by atoms with E-state index in [1.54, 1.807) is 14.2 Å². The highest BCUT2D eigenvalue weighted by Gasteiger charge is 2.44. The maximum Gasteiger partial charge on any atom is 0.333 e. The van der Waals surface area contributed by atoms with Crippen molar-refractivity contribution in [1.82, 2.24) is 9.31 Å². The first-order valence-electron chi connectivity index (χ1n) is 21.5. The number of hydrogen-bond acceptors (Lipinski definition) is 14. The molecule has 20 heteroatoms. The first-order chi connectivity index (χ1) is 31.2. The summed E-state index contributed by atoms with van der Waals surface area (Å²) >= 11 is 0. The number of aromatic hydroxyl groups is 2. The minimum absolute atomic E-state index is 0.00330. The van der Waals surface area contributed by atoms with Crippen LogP contribution < -0.4 is 19.7 Å². The molecule has 1 unspecified atom stereocenters. The van der Waals surface area contributed by atoms with Crippen LogP contribution in [0.1, 0.15) is 70.3 Å². The molecule has 5 rings (SSSR count). The molecule has 0 radical (unpaired) electrons. The fraction of sp³-hybridized carbons (Fsp3) is 0.478. The van der Waals surface area contributed by atoms with Crippen LogP contribution in [0.5, 0.6) is 11.8 Å². The largest absolute Gasteiger partial charge is 0.492 e. The SMILES string of the molecule is COCCOCC[N+](CCOCCOC)=c1ccc2c(C=CC=C3N(CCCS(=O)(=O)O)c4ccc(S(=O)(=O)O)cc4C3(C)CCCC(=O)On3c(O)ccc3O)cc(C(C)(C)C)oc-2c1. The molecule has 2 aliphatic heterocycles. The molecule has 0 spiro atoms. The Bertz CT molecular complexity index is 2590. The number of nitrogens with zero attached hydrogens (tertiary/aromatic N) is 3. The van der Waals surface area contributed by atoms with Gasteiger partial charge in [-0.1, -0.05) is 32.9 Å². The van der Waals surface area contributed by atoms with Gasteiger partial charge < -0.3 is 43.3 Å². The summed E-state index contributed by atoms with van der Waals surface area (Å²) in [4.78, 5) is 19.6. The summed E-state index contributed by atoms with van der Waals surface area (Å²) in [5, 5.41) is 20.9. The van der Waals surface area contributed by atoms with Crippen molar-refractivity contribution in [3.8, 4) is 23.1 Å². The van der Waals surface area contributed by atoms with Gasteiger partial charge in [-0.15, -0.1) is 4.73 Å². The average molecular weight is 961 g/mol. The highest BCUT2D eigenvalue weighted by atomic mass is 32.2. The summed E-state index contributed by atoms with van der Waals surface area (Å²) in [6, 6.07) is 14.4. The topological polar surface area (TPSA) is 237 Å². The fourth-order valence-electron chi connectivity index (χ4n) is 7.69.